The van der Waals surface area contributed by atoms with Crippen molar-refractivity contribution in [1.82, 2.24) is 19.4 Å². The number of hydrazine groups is 1. The van der Waals surface area contributed by atoms with Crippen molar-refractivity contribution in [3.05, 3.63) is 47.2 Å². The van der Waals surface area contributed by atoms with E-state index in [-0.39, 0.29) is 24.5 Å². The van der Waals surface area contributed by atoms with Crippen LogP contribution >= 0.6 is 11.6 Å². The Morgan fingerprint density at radius 1 is 1.13 bits per heavy atom. The number of aromatic nitrogens is 3. The quantitative estimate of drug-likeness (QED) is 0.343. The smallest absolute Gasteiger partial charge is 0.253 e. The molecule has 11 heteroatoms. The summed E-state index contributed by atoms with van der Waals surface area (Å²) in [6.07, 6.45) is 4.21. The SMILES string of the molecule is C1CCOC1.CC1CN(C(c2ccc(Cl)cc2)C2CC2(F)F)C(C)CN1c1cc(NN)nc2c1ncn2C. The topological polar surface area (TPSA) is 84.5 Å². The Bertz CT molecular complexity index is 1240. The van der Waals surface area contributed by atoms with Gasteiger partial charge in [-0.25, -0.2) is 24.6 Å². The molecule has 1 aliphatic carbocycles. The molecule has 8 nitrogen and oxygen atoms in total. The second-order valence-corrected chi connectivity index (χ2v) is 11.1. The number of piperazine rings is 1. The van der Waals surface area contributed by atoms with Crippen LogP contribution in [0.5, 0.6) is 0 Å². The van der Waals surface area contributed by atoms with E-state index < -0.39 is 11.8 Å². The van der Waals surface area contributed by atoms with E-state index in [0.29, 0.717) is 23.9 Å². The third-order valence-corrected chi connectivity index (χ3v) is 8.04. The number of alkyl halides is 2. The molecule has 0 bridgehead atoms. The predicted molar refractivity (Wildman–Crippen MR) is 147 cm³/mol. The van der Waals surface area contributed by atoms with Gasteiger partial charge in [0.1, 0.15) is 11.3 Å². The first-order valence-corrected chi connectivity index (χ1v) is 13.6. The average Bonchev–Trinajstić information content (AvgIpc) is 3.31. The van der Waals surface area contributed by atoms with E-state index in [1.54, 1.807) is 18.5 Å². The Morgan fingerprint density at radius 2 is 1.82 bits per heavy atom. The molecule has 4 unspecified atom stereocenters. The van der Waals surface area contributed by atoms with Crippen molar-refractivity contribution in [3.8, 4) is 0 Å². The summed E-state index contributed by atoms with van der Waals surface area (Å²) in [5.74, 6) is 2.92. The van der Waals surface area contributed by atoms with Gasteiger partial charge in [-0.2, -0.15) is 0 Å². The molecule has 3 fully saturated rings. The van der Waals surface area contributed by atoms with Crippen molar-refractivity contribution in [2.24, 2.45) is 18.8 Å². The zero-order valence-electron chi connectivity index (χ0n) is 22.1. The number of halogens is 3. The molecule has 38 heavy (non-hydrogen) atoms. The van der Waals surface area contributed by atoms with E-state index in [1.165, 1.54) is 12.8 Å². The number of ether oxygens (including phenoxy) is 1. The van der Waals surface area contributed by atoms with Crippen molar-refractivity contribution in [1.29, 1.82) is 0 Å². The summed E-state index contributed by atoms with van der Waals surface area (Å²) >= 11 is 6.07. The molecule has 0 amide bonds. The lowest BCUT2D eigenvalue weighted by molar-refractivity contribution is 0.0394. The average molecular weight is 548 g/mol. The molecule has 4 atom stereocenters. The highest BCUT2D eigenvalue weighted by atomic mass is 35.5. The van der Waals surface area contributed by atoms with Gasteiger partial charge in [-0.15, -0.1) is 0 Å². The number of aryl methyl sites for hydroxylation is 1. The minimum absolute atomic E-state index is 0.0412. The molecule has 0 radical (unpaired) electrons. The summed E-state index contributed by atoms with van der Waals surface area (Å²) in [7, 11) is 1.89. The number of fused-ring (bicyclic) bond motifs is 1. The van der Waals surface area contributed by atoms with Gasteiger partial charge in [0, 0.05) is 74.9 Å². The van der Waals surface area contributed by atoms with Crippen LogP contribution in [0.3, 0.4) is 0 Å². The Kier molecular flexibility index (Phi) is 7.77. The lowest BCUT2D eigenvalue weighted by Gasteiger charge is -2.48. The number of hydrogen-bond acceptors (Lipinski definition) is 7. The van der Waals surface area contributed by atoms with Crippen molar-refractivity contribution < 1.29 is 13.5 Å². The summed E-state index contributed by atoms with van der Waals surface area (Å²) in [6.45, 7) is 7.53. The number of nitrogens with zero attached hydrogens (tertiary/aromatic N) is 5. The highest BCUT2D eigenvalue weighted by Crippen LogP contribution is 2.57. The number of benzene rings is 1. The third-order valence-electron chi connectivity index (χ3n) is 7.79. The Balaban J connectivity index is 0.000000529. The van der Waals surface area contributed by atoms with Crippen LogP contribution in [0.25, 0.3) is 11.2 Å². The van der Waals surface area contributed by atoms with Crippen LogP contribution in [-0.4, -0.2) is 63.7 Å². The fraction of sp³-hybridized carbons (Fsp3) is 0.556. The Labute approximate surface area is 227 Å². The molecule has 1 aromatic carbocycles. The van der Waals surface area contributed by atoms with Gasteiger partial charge in [-0.1, -0.05) is 23.7 Å². The van der Waals surface area contributed by atoms with E-state index in [4.69, 9.17) is 22.2 Å². The number of nitrogens with two attached hydrogens (primary N) is 1. The lowest BCUT2D eigenvalue weighted by atomic mass is 9.95. The molecular weight excluding hydrogens is 512 g/mol. The van der Waals surface area contributed by atoms with Crippen molar-refractivity contribution in [2.45, 2.75) is 57.2 Å². The second kappa shape index (κ2) is 10.9. The van der Waals surface area contributed by atoms with E-state index in [2.05, 4.69) is 39.0 Å². The zero-order valence-corrected chi connectivity index (χ0v) is 22.8. The minimum atomic E-state index is -2.63. The van der Waals surface area contributed by atoms with Crippen LogP contribution in [-0.2, 0) is 11.8 Å². The molecule has 2 aromatic heterocycles. The summed E-state index contributed by atoms with van der Waals surface area (Å²) < 4.78 is 35.4. The molecule has 2 aliphatic heterocycles. The van der Waals surface area contributed by atoms with Gasteiger partial charge >= 0.3 is 0 Å². The van der Waals surface area contributed by atoms with Crippen LogP contribution in [0, 0.1) is 5.92 Å². The maximum absolute atomic E-state index is 14.3. The molecule has 0 spiro atoms. The first-order valence-electron chi connectivity index (χ1n) is 13.2. The number of anilines is 2. The monoisotopic (exact) mass is 547 g/mol. The van der Waals surface area contributed by atoms with Gasteiger partial charge < -0.3 is 19.6 Å². The van der Waals surface area contributed by atoms with Gasteiger partial charge in [0.05, 0.1) is 12.0 Å². The molecule has 3 aliphatic rings. The zero-order chi connectivity index (χ0) is 27.0. The minimum Gasteiger partial charge on any atom is -0.381 e. The third kappa shape index (κ3) is 5.45. The largest absolute Gasteiger partial charge is 0.381 e. The van der Waals surface area contributed by atoms with Crippen LogP contribution in [0.1, 0.15) is 44.7 Å². The van der Waals surface area contributed by atoms with Crippen LogP contribution in [0.2, 0.25) is 5.02 Å². The van der Waals surface area contributed by atoms with Gasteiger partial charge in [-0.3, -0.25) is 4.90 Å². The molecule has 3 aromatic rings. The number of imidazole rings is 1. The van der Waals surface area contributed by atoms with Crippen molar-refractivity contribution in [3.63, 3.8) is 0 Å². The second-order valence-electron chi connectivity index (χ2n) is 10.6. The molecule has 6 rings (SSSR count). The highest BCUT2D eigenvalue weighted by Gasteiger charge is 2.62. The summed E-state index contributed by atoms with van der Waals surface area (Å²) in [5.41, 5.74) is 6.00. The van der Waals surface area contributed by atoms with Crippen LogP contribution in [0.15, 0.2) is 36.7 Å². The maximum atomic E-state index is 14.3. The summed E-state index contributed by atoms with van der Waals surface area (Å²) in [5, 5.41) is 0.604. The van der Waals surface area contributed by atoms with Crippen LogP contribution < -0.4 is 16.2 Å². The van der Waals surface area contributed by atoms with Crippen molar-refractivity contribution in [2.75, 3.05) is 36.6 Å². The fourth-order valence-electron chi connectivity index (χ4n) is 5.65. The molecular formula is C27H36ClF2N7O. The predicted octanol–water partition coefficient (Wildman–Crippen LogP) is 5.00. The number of pyridine rings is 1. The van der Waals surface area contributed by atoms with Crippen LogP contribution in [0.4, 0.5) is 20.3 Å². The molecule has 1 saturated carbocycles. The first kappa shape index (κ1) is 27.1. The fourth-order valence-corrected chi connectivity index (χ4v) is 5.78. The van der Waals surface area contributed by atoms with Crippen molar-refractivity contribution >= 4 is 34.3 Å². The lowest BCUT2D eigenvalue weighted by Crippen LogP contribution is -2.58. The number of rotatable bonds is 5. The molecule has 2 saturated heterocycles. The van der Waals surface area contributed by atoms with E-state index >= 15 is 0 Å². The van der Waals surface area contributed by atoms with E-state index in [0.717, 1.165) is 35.6 Å². The standard InChI is InChI=1S/C23H28ClF2N7.C4H8O/c1-13-11-33(21(17-9-23(17,25)26)15-4-6-16(24)7-5-15)14(2)10-32(13)18-8-19(30-27)29-22-20(18)28-12-31(22)3;1-2-4-5-3-1/h4-8,12-14,17,21H,9-11,27H2,1-3H3,(H,29,30);1-4H2. The molecule has 4 heterocycles. The first-order chi connectivity index (χ1) is 18.2. The maximum Gasteiger partial charge on any atom is 0.253 e. The summed E-state index contributed by atoms with van der Waals surface area (Å²) in [6, 6.07) is 8.98. The Hall–Kier alpha value is -2.53. The van der Waals surface area contributed by atoms with Gasteiger partial charge in [0.25, 0.3) is 5.92 Å². The van der Waals surface area contributed by atoms with E-state index in [1.807, 2.05) is 29.8 Å². The van der Waals surface area contributed by atoms with E-state index in [9.17, 15) is 8.78 Å². The number of hydrogen-bond donors (Lipinski definition) is 2. The normalized spacial score (nSPS) is 25.7. The Morgan fingerprint density at radius 3 is 2.39 bits per heavy atom. The summed E-state index contributed by atoms with van der Waals surface area (Å²) in [4.78, 5) is 13.6. The van der Waals surface area contributed by atoms with Gasteiger partial charge in [-0.05, 0) is 44.4 Å². The highest BCUT2D eigenvalue weighted by molar-refractivity contribution is 6.30. The van der Waals surface area contributed by atoms with Gasteiger partial charge in [0.15, 0.2) is 5.65 Å². The number of nitrogen functional groups attached to an aromatic ring is 1. The number of nitrogens with one attached hydrogen (secondary N) is 1. The molecule has 3 N–H and O–H groups in total. The van der Waals surface area contributed by atoms with Gasteiger partial charge in [0.2, 0.25) is 0 Å². The molecule has 206 valence electrons.